The highest BCUT2D eigenvalue weighted by molar-refractivity contribution is 7.51. The molecule has 2 rings (SSSR count). The van der Waals surface area contributed by atoms with E-state index in [1.807, 2.05) is 60.7 Å². The Balaban J connectivity index is 0.000000527. The molecule has 2 aromatic carbocycles. The highest BCUT2D eigenvalue weighted by atomic mass is 31.2. The van der Waals surface area contributed by atoms with Crippen molar-refractivity contribution in [2.45, 2.75) is 18.4 Å². The van der Waals surface area contributed by atoms with E-state index in [4.69, 9.17) is 25.5 Å². The minimum absolute atomic E-state index is 0.330. The van der Waals surface area contributed by atoms with Gasteiger partial charge in [0.1, 0.15) is 0 Å². The normalized spacial score (nSPS) is 11.2. The average Bonchev–Trinajstić information content (AvgIpc) is 2.55. The standard InChI is InChI=1S/C16H20NO3P.C2H2O4/c17-16(13-21(18,19)20,11-14-7-3-1-4-8-14)12-15-9-5-2-6-10-15;3-1(4)2(5)6/h1-10H,11-13,17H2,(H2,18,19,20);(H,3,4)(H,5,6). The molecule has 8 nitrogen and oxygen atoms in total. The summed E-state index contributed by atoms with van der Waals surface area (Å²) in [5, 5.41) is 14.8. The summed E-state index contributed by atoms with van der Waals surface area (Å²) >= 11 is 0. The molecule has 0 unspecified atom stereocenters. The molecule has 0 amide bonds. The third-order valence-electron chi connectivity index (χ3n) is 3.50. The lowest BCUT2D eigenvalue weighted by Crippen LogP contribution is -2.47. The topological polar surface area (TPSA) is 158 Å². The molecule has 0 atom stereocenters. The van der Waals surface area contributed by atoms with E-state index in [-0.39, 0.29) is 6.16 Å². The molecule has 27 heavy (non-hydrogen) atoms. The van der Waals surface area contributed by atoms with Crippen LogP contribution in [0, 0.1) is 0 Å². The molecular formula is C18H22NO7P. The van der Waals surface area contributed by atoms with Crippen LogP contribution in [0.3, 0.4) is 0 Å². The number of aliphatic carboxylic acids is 2. The van der Waals surface area contributed by atoms with Gasteiger partial charge < -0.3 is 25.7 Å². The molecule has 2 aromatic rings. The van der Waals surface area contributed by atoms with Crippen LogP contribution in [0.5, 0.6) is 0 Å². The molecular weight excluding hydrogens is 373 g/mol. The molecule has 0 heterocycles. The number of carbonyl (C=O) groups is 2. The largest absolute Gasteiger partial charge is 0.473 e. The fourth-order valence-electron chi connectivity index (χ4n) is 2.59. The number of benzene rings is 2. The van der Waals surface area contributed by atoms with Crippen molar-refractivity contribution in [1.82, 2.24) is 0 Å². The second-order valence-electron chi connectivity index (χ2n) is 6.12. The zero-order valence-corrected chi connectivity index (χ0v) is 15.3. The second kappa shape index (κ2) is 9.99. The number of rotatable bonds is 6. The molecule has 0 saturated heterocycles. The number of nitrogens with two attached hydrogens (primary N) is 1. The van der Waals surface area contributed by atoms with Gasteiger partial charge in [-0.3, -0.25) is 4.57 Å². The van der Waals surface area contributed by atoms with Crippen LogP contribution < -0.4 is 5.73 Å². The van der Waals surface area contributed by atoms with Crippen LogP contribution in [-0.4, -0.2) is 43.6 Å². The van der Waals surface area contributed by atoms with Crippen molar-refractivity contribution < 1.29 is 34.2 Å². The number of hydrogen-bond donors (Lipinski definition) is 5. The highest BCUT2D eigenvalue weighted by Gasteiger charge is 2.33. The lowest BCUT2D eigenvalue weighted by atomic mass is 9.87. The van der Waals surface area contributed by atoms with Crippen LogP contribution in [0.15, 0.2) is 60.7 Å². The first-order valence-electron chi connectivity index (χ1n) is 7.88. The van der Waals surface area contributed by atoms with E-state index in [0.717, 1.165) is 11.1 Å². The van der Waals surface area contributed by atoms with Crippen molar-refractivity contribution in [1.29, 1.82) is 0 Å². The lowest BCUT2D eigenvalue weighted by Gasteiger charge is -2.30. The zero-order chi connectivity index (χ0) is 20.5. The van der Waals surface area contributed by atoms with Crippen LogP contribution in [0.2, 0.25) is 0 Å². The van der Waals surface area contributed by atoms with Gasteiger partial charge in [-0.15, -0.1) is 0 Å². The maximum atomic E-state index is 11.4. The summed E-state index contributed by atoms with van der Waals surface area (Å²) < 4.78 is 11.4. The minimum Gasteiger partial charge on any atom is -0.473 e. The van der Waals surface area contributed by atoms with Gasteiger partial charge in [0.05, 0.1) is 6.16 Å². The summed E-state index contributed by atoms with van der Waals surface area (Å²) in [6, 6.07) is 19.1. The minimum atomic E-state index is -4.19. The fraction of sp³-hybridized carbons (Fsp3) is 0.222. The van der Waals surface area contributed by atoms with Gasteiger partial charge in [0.2, 0.25) is 0 Å². The second-order valence-corrected chi connectivity index (χ2v) is 7.77. The Hall–Kier alpha value is -2.51. The maximum Gasteiger partial charge on any atom is 0.414 e. The van der Waals surface area contributed by atoms with E-state index in [1.54, 1.807) is 0 Å². The SMILES string of the molecule is NC(Cc1ccccc1)(Cc1ccccc1)CP(=O)(O)O.O=C(O)C(=O)O. The van der Waals surface area contributed by atoms with Gasteiger partial charge in [0.25, 0.3) is 0 Å². The fourth-order valence-corrected chi connectivity index (χ4v) is 3.63. The zero-order valence-electron chi connectivity index (χ0n) is 14.4. The first kappa shape index (κ1) is 22.5. The van der Waals surface area contributed by atoms with Crippen LogP contribution in [0.1, 0.15) is 11.1 Å². The Bertz CT molecular complexity index is 736. The molecule has 0 fully saturated rings. The maximum absolute atomic E-state index is 11.4. The Labute approximate surface area is 156 Å². The Morgan fingerprint density at radius 3 is 1.41 bits per heavy atom. The first-order valence-corrected chi connectivity index (χ1v) is 9.68. The average molecular weight is 395 g/mol. The molecule has 0 saturated carbocycles. The van der Waals surface area contributed by atoms with Crippen LogP contribution >= 0.6 is 7.60 Å². The van der Waals surface area contributed by atoms with Gasteiger partial charge in [-0.1, -0.05) is 60.7 Å². The highest BCUT2D eigenvalue weighted by Crippen LogP contribution is 2.39. The quantitative estimate of drug-likeness (QED) is 0.364. The predicted octanol–water partition coefficient (Wildman–Crippen LogP) is 1.50. The van der Waals surface area contributed by atoms with Crippen molar-refractivity contribution in [3.8, 4) is 0 Å². The Morgan fingerprint density at radius 2 is 1.15 bits per heavy atom. The van der Waals surface area contributed by atoms with Crippen molar-refractivity contribution in [3.63, 3.8) is 0 Å². The smallest absolute Gasteiger partial charge is 0.414 e. The molecule has 0 aliphatic heterocycles. The van der Waals surface area contributed by atoms with Gasteiger partial charge in [-0.05, 0) is 24.0 Å². The molecule has 146 valence electrons. The number of carboxylic acid groups (broad SMARTS) is 2. The third-order valence-corrected chi connectivity index (χ3v) is 4.54. The number of hydrogen-bond acceptors (Lipinski definition) is 4. The first-order chi connectivity index (χ1) is 12.5. The van der Waals surface area contributed by atoms with Crippen molar-refractivity contribution in [3.05, 3.63) is 71.8 Å². The summed E-state index contributed by atoms with van der Waals surface area (Å²) in [6.45, 7) is 0. The number of carboxylic acids is 2. The lowest BCUT2D eigenvalue weighted by molar-refractivity contribution is -0.159. The molecule has 0 spiro atoms. The van der Waals surface area contributed by atoms with Gasteiger partial charge in [0, 0.05) is 5.54 Å². The van der Waals surface area contributed by atoms with Gasteiger partial charge in [-0.25, -0.2) is 9.59 Å². The van der Waals surface area contributed by atoms with E-state index in [9.17, 15) is 14.4 Å². The summed E-state index contributed by atoms with van der Waals surface area (Å²) in [7, 11) is -4.19. The van der Waals surface area contributed by atoms with Crippen molar-refractivity contribution >= 4 is 19.5 Å². The summed E-state index contributed by atoms with van der Waals surface area (Å²) in [5.41, 5.74) is 7.34. The molecule has 6 N–H and O–H groups in total. The van der Waals surface area contributed by atoms with Crippen LogP contribution in [-0.2, 0) is 27.0 Å². The predicted molar refractivity (Wildman–Crippen MR) is 99.4 cm³/mol. The Kier molecular flexibility index (Phi) is 8.33. The van der Waals surface area contributed by atoms with Crippen molar-refractivity contribution in [2.75, 3.05) is 6.16 Å². The molecule has 0 radical (unpaired) electrons. The monoisotopic (exact) mass is 395 g/mol. The van der Waals surface area contributed by atoms with Crippen LogP contribution in [0.25, 0.3) is 0 Å². The van der Waals surface area contributed by atoms with E-state index >= 15 is 0 Å². The van der Waals surface area contributed by atoms with Crippen molar-refractivity contribution in [2.24, 2.45) is 5.73 Å². The van der Waals surface area contributed by atoms with E-state index in [1.165, 1.54) is 0 Å². The summed E-state index contributed by atoms with van der Waals surface area (Å²) in [5.74, 6) is -3.65. The van der Waals surface area contributed by atoms with E-state index in [0.29, 0.717) is 12.8 Å². The Morgan fingerprint density at radius 1 is 0.815 bits per heavy atom. The third kappa shape index (κ3) is 9.67. The van der Waals surface area contributed by atoms with Gasteiger partial charge in [-0.2, -0.15) is 0 Å². The van der Waals surface area contributed by atoms with E-state index < -0.39 is 25.1 Å². The summed E-state index contributed by atoms with van der Waals surface area (Å²) in [4.78, 5) is 36.9. The molecule has 0 bridgehead atoms. The molecule has 0 aliphatic rings. The molecule has 9 heteroatoms. The van der Waals surface area contributed by atoms with Crippen LogP contribution in [0.4, 0.5) is 0 Å². The van der Waals surface area contributed by atoms with E-state index in [2.05, 4.69) is 0 Å². The molecule has 0 aromatic heterocycles. The van der Waals surface area contributed by atoms with Gasteiger partial charge in [0.15, 0.2) is 0 Å². The van der Waals surface area contributed by atoms with Gasteiger partial charge >= 0.3 is 19.5 Å². The summed E-state index contributed by atoms with van der Waals surface area (Å²) in [6.07, 6.45) is 0.519. The molecule has 0 aliphatic carbocycles.